The van der Waals surface area contributed by atoms with Crippen molar-refractivity contribution < 1.29 is 9.90 Å². The van der Waals surface area contributed by atoms with Gasteiger partial charge in [-0.2, -0.15) is 0 Å². The normalized spacial score (nSPS) is 10.1. The molecule has 1 rings (SSSR count). The average molecular weight is 249 g/mol. The summed E-state index contributed by atoms with van der Waals surface area (Å²) in [6.07, 6.45) is 0. The van der Waals surface area contributed by atoms with Crippen molar-refractivity contribution in [2.24, 2.45) is 7.05 Å². The highest BCUT2D eigenvalue weighted by Gasteiger charge is 2.15. The first-order chi connectivity index (χ1) is 6.16. The number of rotatable bonds is 3. The summed E-state index contributed by atoms with van der Waals surface area (Å²) in [5.74, 6) is -0.312. The lowest BCUT2D eigenvalue weighted by molar-refractivity contribution is 0.0934. The molecule has 1 amide bonds. The predicted molar refractivity (Wildman–Crippen MR) is 48.1 cm³/mol. The highest BCUT2D eigenvalue weighted by Crippen LogP contribution is 2.10. The minimum atomic E-state index is -0.312. The summed E-state index contributed by atoms with van der Waals surface area (Å²) < 4.78 is 1.75. The van der Waals surface area contributed by atoms with Crippen molar-refractivity contribution in [1.29, 1.82) is 0 Å². The summed E-state index contributed by atoms with van der Waals surface area (Å²) in [7, 11) is 1.62. The van der Waals surface area contributed by atoms with Crippen molar-refractivity contribution in [3.63, 3.8) is 0 Å². The summed E-state index contributed by atoms with van der Waals surface area (Å²) in [5.41, 5.74) is 0.341. The van der Waals surface area contributed by atoms with Crippen molar-refractivity contribution in [3.8, 4) is 0 Å². The van der Waals surface area contributed by atoms with E-state index in [0.29, 0.717) is 10.3 Å². The molecule has 1 aromatic rings. The number of halogens is 1. The van der Waals surface area contributed by atoms with Gasteiger partial charge in [0, 0.05) is 13.6 Å². The van der Waals surface area contributed by atoms with Gasteiger partial charge in [-0.05, 0) is 15.9 Å². The second kappa shape index (κ2) is 4.33. The minimum Gasteiger partial charge on any atom is -0.395 e. The lowest BCUT2D eigenvalue weighted by Crippen LogP contribution is -2.28. The second-order valence-corrected chi connectivity index (χ2v) is 3.08. The van der Waals surface area contributed by atoms with Crippen LogP contribution in [0.4, 0.5) is 0 Å². The van der Waals surface area contributed by atoms with Crippen molar-refractivity contribution in [1.82, 2.24) is 20.3 Å². The van der Waals surface area contributed by atoms with Crippen LogP contribution in [0.25, 0.3) is 0 Å². The molecular formula is C6H9BrN4O2. The summed E-state index contributed by atoms with van der Waals surface area (Å²) in [6, 6.07) is 0. The fraction of sp³-hybridized carbons (Fsp3) is 0.500. The van der Waals surface area contributed by atoms with E-state index in [1.54, 1.807) is 7.05 Å². The van der Waals surface area contributed by atoms with Gasteiger partial charge >= 0.3 is 0 Å². The number of carbonyl (C=O) groups excluding carboxylic acids is 1. The van der Waals surface area contributed by atoms with Crippen LogP contribution in [-0.4, -0.2) is 39.2 Å². The maximum absolute atomic E-state index is 11.4. The molecule has 0 aliphatic carbocycles. The zero-order valence-electron chi connectivity index (χ0n) is 6.99. The molecule has 0 radical (unpaired) electrons. The van der Waals surface area contributed by atoms with Crippen LogP contribution in [0.3, 0.4) is 0 Å². The smallest absolute Gasteiger partial charge is 0.272 e. The molecule has 0 aliphatic heterocycles. The van der Waals surface area contributed by atoms with Gasteiger partial charge in [0.15, 0.2) is 10.3 Å². The molecule has 72 valence electrons. The van der Waals surface area contributed by atoms with Crippen LogP contribution in [0.1, 0.15) is 10.5 Å². The number of carbonyl (C=O) groups is 1. The topological polar surface area (TPSA) is 80.0 Å². The maximum atomic E-state index is 11.4. The van der Waals surface area contributed by atoms with Gasteiger partial charge in [-0.25, -0.2) is 4.68 Å². The van der Waals surface area contributed by atoms with Gasteiger partial charge < -0.3 is 10.4 Å². The first-order valence-corrected chi connectivity index (χ1v) is 4.40. The molecule has 0 atom stereocenters. The summed E-state index contributed by atoms with van der Waals surface area (Å²) >= 11 is 3.09. The van der Waals surface area contributed by atoms with Crippen molar-refractivity contribution in [3.05, 3.63) is 10.3 Å². The van der Waals surface area contributed by atoms with E-state index < -0.39 is 0 Å². The molecule has 13 heavy (non-hydrogen) atoms. The largest absolute Gasteiger partial charge is 0.395 e. The molecule has 0 aromatic carbocycles. The Labute approximate surface area is 83.1 Å². The molecule has 2 N–H and O–H groups in total. The Kier molecular flexibility index (Phi) is 3.38. The Morgan fingerprint density at radius 1 is 1.77 bits per heavy atom. The van der Waals surface area contributed by atoms with Crippen LogP contribution in [-0.2, 0) is 7.05 Å². The van der Waals surface area contributed by atoms with Gasteiger partial charge in [-0.15, -0.1) is 5.10 Å². The fourth-order valence-corrected chi connectivity index (χ4v) is 1.33. The lowest BCUT2D eigenvalue weighted by Gasteiger charge is -2.02. The molecule has 0 saturated heterocycles. The number of aliphatic hydroxyl groups is 1. The minimum absolute atomic E-state index is 0.0887. The Morgan fingerprint density at radius 3 is 2.92 bits per heavy atom. The van der Waals surface area contributed by atoms with Crippen LogP contribution < -0.4 is 5.32 Å². The number of aliphatic hydroxyl groups excluding tert-OH is 1. The molecule has 0 spiro atoms. The van der Waals surface area contributed by atoms with Crippen LogP contribution in [0.15, 0.2) is 4.60 Å². The quantitative estimate of drug-likeness (QED) is 0.742. The monoisotopic (exact) mass is 248 g/mol. The van der Waals surface area contributed by atoms with Gasteiger partial charge in [0.05, 0.1) is 6.61 Å². The van der Waals surface area contributed by atoms with Gasteiger partial charge in [0.1, 0.15) is 0 Å². The Hall–Kier alpha value is -0.950. The number of aryl methyl sites for hydroxylation is 1. The number of aromatic nitrogens is 3. The van der Waals surface area contributed by atoms with E-state index in [4.69, 9.17) is 5.11 Å². The Morgan fingerprint density at radius 2 is 2.46 bits per heavy atom. The SMILES string of the molecule is Cn1nnc(Br)c1C(=O)NCCO. The number of amides is 1. The van der Waals surface area contributed by atoms with Crippen LogP contribution in [0.5, 0.6) is 0 Å². The summed E-state index contributed by atoms with van der Waals surface area (Å²) in [4.78, 5) is 11.4. The van der Waals surface area contributed by atoms with Crippen LogP contribution in [0, 0.1) is 0 Å². The first-order valence-electron chi connectivity index (χ1n) is 3.61. The molecule has 1 heterocycles. The zero-order valence-corrected chi connectivity index (χ0v) is 8.58. The van der Waals surface area contributed by atoms with E-state index in [9.17, 15) is 4.79 Å². The van der Waals surface area contributed by atoms with E-state index >= 15 is 0 Å². The van der Waals surface area contributed by atoms with Gasteiger partial charge in [0.2, 0.25) is 0 Å². The molecular weight excluding hydrogens is 240 g/mol. The van der Waals surface area contributed by atoms with Gasteiger partial charge in [-0.3, -0.25) is 4.79 Å². The highest BCUT2D eigenvalue weighted by molar-refractivity contribution is 9.10. The fourth-order valence-electron chi connectivity index (χ4n) is 0.826. The Balaban J connectivity index is 2.76. The third-order valence-electron chi connectivity index (χ3n) is 1.40. The molecule has 1 aromatic heterocycles. The molecule has 0 bridgehead atoms. The van der Waals surface area contributed by atoms with E-state index in [1.807, 2.05) is 0 Å². The van der Waals surface area contributed by atoms with E-state index in [0.717, 1.165) is 0 Å². The summed E-state index contributed by atoms with van der Waals surface area (Å²) in [5, 5.41) is 18.3. The molecule has 0 fully saturated rings. The average Bonchev–Trinajstić information content (AvgIpc) is 2.42. The Bertz CT molecular complexity index is 292. The number of nitrogens with zero attached hydrogens (tertiary/aromatic N) is 3. The van der Waals surface area contributed by atoms with Crippen LogP contribution >= 0.6 is 15.9 Å². The van der Waals surface area contributed by atoms with E-state index in [2.05, 4.69) is 31.6 Å². The predicted octanol–water partition coefficient (Wildman–Crippen LogP) is -0.700. The third-order valence-corrected chi connectivity index (χ3v) is 1.93. The molecule has 0 aliphatic rings. The molecule has 0 unspecified atom stereocenters. The number of hydrogen-bond donors (Lipinski definition) is 2. The number of hydrogen-bond acceptors (Lipinski definition) is 4. The van der Waals surface area contributed by atoms with E-state index in [1.165, 1.54) is 4.68 Å². The molecule has 6 nitrogen and oxygen atoms in total. The third kappa shape index (κ3) is 2.25. The molecule has 7 heteroatoms. The number of nitrogens with one attached hydrogen (secondary N) is 1. The van der Waals surface area contributed by atoms with E-state index in [-0.39, 0.29) is 19.1 Å². The second-order valence-electron chi connectivity index (χ2n) is 2.33. The maximum Gasteiger partial charge on any atom is 0.272 e. The first kappa shape index (κ1) is 10.1. The van der Waals surface area contributed by atoms with Crippen LogP contribution in [0.2, 0.25) is 0 Å². The lowest BCUT2D eigenvalue weighted by atomic mass is 10.4. The van der Waals surface area contributed by atoms with Gasteiger partial charge in [0.25, 0.3) is 5.91 Å². The van der Waals surface area contributed by atoms with Crippen molar-refractivity contribution in [2.45, 2.75) is 0 Å². The highest BCUT2D eigenvalue weighted by atomic mass is 79.9. The summed E-state index contributed by atoms with van der Waals surface area (Å²) in [6.45, 7) is 0.130. The zero-order chi connectivity index (χ0) is 9.84. The molecule has 0 saturated carbocycles. The van der Waals surface area contributed by atoms with Crippen molar-refractivity contribution in [2.75, 3.05) is 13.2 Å². The van der Waals surface area contributed by atoms with Gasteiger partial charge in [-0.1, -0.05) is 5.21 Å². The van der Waals surface area contributed by atoms with Crippen molar-refractivity contribution >= 4 is 21.8 Å². The standard InChI is InChI=1S/C6H9BrN4O2/c1-11-4(5(7)9-10-11)6(13)8-2-3-12/h12H,2-3H2,1H3,(H,8,13).